The van der Waals surface area contributed by atoms with Gasteiger partial charge in [-0.15, -0.1) is 0 Å². The van der Waals surface area contributed by atoms with Crippen LogP contribution in [0.2, 0.25) is 0 Å². The van der Waals surface area contributed by atoms with Crippen LogP contribution in [-0.2, 0) is 19.1 Å². The van der Waals surface area contributed by atoms with Crippen molar-refractivity contribution >= 4 is 17.7 Å². The molecular formula is C18H30N2O4. The SMILES string of the molecule is CCC(=O)NC(CC(C)C)C(=O)N1C(=O)C=C(OC)C1CC(C)C. The molecule has 24 heavy (non-hydrogen) atoms. The van der Waals surface area contributed by atoms with E-state index >= 15 is 0 Å². The summed E-state index contributed by atoms with van der Waals surface area (Å²) in [5.41, 5.74) is 0. The number of hydrogen-bond donors (Lipinski definition) is 1. The van der Waals surface area contributed by atoms with Crippen LogP contribution in [0.3, 0.4) is 0 Å². The third-order valence-corrected chi connectivity index (χ3v) is 3.97. The first-order valence-corrected chi connectivity index (χ1v) is 8.63. The monoisotopic (exact) mass is 338 g/mol. The molecule has 0 aromatic heterocycles. The van der Waals surface area contributed by atoms with E-state index in [4.69, 9.17) is 4.74 Å². The minimum Gasteiger partial charge on any atom is -0.499 e. The summed E-state index contributed by atoms with van der Waals surface area (Å²) in [6.07, 6.45) is 2.80. The van der Waals surface area contributed by atoms with Gasteiger partial charge in [-0.3, -0.25) is 19.3 Å². The van der Waals surface area contributed by atoms with Crippen molar-refractivity contribution < 1.29 is 19.1 Å². The highest BCUT2D eigenvalue weighted by atomic mass is 16.5. The van der Waals surface area contributed by atoms with E-state index in [9.17, 15) is 14.4 Å². The first-order chi connectivity index (χ1) is 11.2. The summed E-state index contributed by atoms with van der Waals surface area (Å²) in [6.45, 7) is 9.76. The molecule has 136 valence electrons. The molecule has 0 fully saturated rings. The summed E-state index contributed by atoms with van der Waals surface area (Å²) in [5, 5.41) is 2.76. The Balaban J connectivity index is 3.05. The van der Waals surface area contributed by atoms with E-state index in [0.717, 1.165) is 0 Å². The summed E-state index contributed by atoms with van der Waals surface area (Å²) in [4.78, 5) is 38.4. The molecule has 2 unspecified atom stereocenters. The Bertz CT molecular complexity index is 511. The van der Waals surface area contributed by atoms with E-state index in [1.165, 1.54) is 18.1 Å². The van der Waals surface area contributed by atoms with E-state index in [-0.39, 0.29) is 23.6 Å². The quantitative estimate of drug-likeness (QED) is 0.736. The zero-order valence-electron chi connectivity index (χ0n) is 15.6. The second kappa shape index (κ2) is 8.85. The number of nitrogens with one attached hydrogen (secondary N) is 1. The molecule has 2 atom stereocenters. The van der Waals surface area contributed by atoms with Gasteiger partial charge in [-0.05, 0) is 24.7 Å². The summed E-state index contributed by atoms with van der Waals surface area (Å²) in [6, 6.07) is -1.09. The van der Waals surface area contributed by atoms with Gasteiger partial charge in [-0.2, -0.15) is 0 Å². The Morgan fingerprint density at radius 1 is 1.25 bits per heavy atom. The smallest absolute Gasteiger partial charge is 0.257 e. The lowest BCUT2D eigenvalue weighted by Crippen LogP contribution is -2.52. The van der Waals surface area contributed by atoms with Crippen molar-refractivity contribution in [1.82, 2.24) is 10.2 Å². The lowest BCUT2D eigenvalue weighted by Gasteiger charge is -2.30. The van der Waals surface area contributed by atoms with Crippen LogP contribution < -0.4 is 5.32 Å². The van der Waals surface area contributed by atoms with Crippen molar-refractivity contribution in [2.75, 3.05) is 7.11 Å². The van der Waals surface area contributed by atoms with Crippen LogP contribution in [0.15, 0.2) is 11.8 Å². The van der Waals surface area contributed by atoms with Gasteiger partial charge >= 0.3 is 0 Å². The fourth-order valence-electron chi connectivity index (χ4n) is 2.85. The first kappa shape index (κ1) is 20.2. The first-order valence-electron chi connectivity index (χ1n) is 8.63. The lowest BCUT2D eigenvalue weighted by molar-refractivity contribution is -0.146. The maximum absolute atomic E-state index is 13.0. The van der Waals surface area contributed by atoms with Gasteiger partial charge in [0.1, 0.15) is 11.8 Å². The van der Waals surface area contributed by atoms with Gasteiger partial charge in [0.25, 0.3) is 11.8 Å². The third kappa shape index (κ3) is 5.08. The molecule has 1 N–H and O–H groups in total. The molecule has 3 amide bonds. The minimum atomic E-state index is -0.694. The number of ether oxygens (including phenoxy) is 1. The number of carbonyl (C=O) groups is 3. The number of methoxy groups -OCH3 is 1. The largest absolute Gasteiger partial charge is 0.499 e. The molecule has 0 bridgehead atoms. The second-order valence-electron chi connectivity index (χ2n) is 7.05. The van der Waals surface area contributed by atoms with Crippen LogP contribution in [0.5, 0.6) is 0 Å². The molecule has 0 aromatic rings. The highest BCUT2D eigenvalue weighted by molar-refractivity contribution is 6.06. The van der Waals surface area contributed by atoms with Crippen molar-refractivity contribution in [1.29, 1.82) is 0 Å². The van der Waals surface area contributed by atoms with Crippen LogP contribution in [0.1, 0.15) is 53.9 Å². The molecular weight excluding hydrogens is 308 g/mol. The maximum atomic E-state index is 13.0. The Kier molecular flexibility index (Phi) is 7.45. The fraction of sp³-hybridized carbons (Fsp3) is 0.722. The van der Waals surface area contributed by atoms with E-state index in [1.807, 2.05) is 27.7 Å². The number of amides is 3. The Morgan fingerprint density at radius 2 is 1.88 bits per heavy atom. The molecule has 6 nitrogen and oxygen atoms in total. The number of rotatable bonds is 8. The molecule has 0 spiro atoms. The zero-order chi connectivity index (χ0) is 18.4. The van der Waals surface area contributed by atoms with Crippen LogP contribution in [0.25, 0.3) is 0 Å². The highest BCUT2D eigenvalue weighted by Gasteiger charge is 2.41. The Hall–Kier alpha value is -1.85. The lowest BCUT2D eigenvalue weighted by atomic mass is 9.99. The number of nitrogens with zero attached hydrogens (tertiary/aromatic N) is 1. The van der Waals surface area contributed by atoms with Crippen molar-refractivity contribution in [3.05, 3.63) is 11.8 Å². The van der Waals surface area contributed by atoms with Gasteiger partial charge in [0.2, 0.25) is 5.91 Å². The summed E-state index contributed by atoms with van der Waals surface area (Å²) in [5.74, 6) is 0.0929. The van der Waals surface area contributed by atoms with Gasteiger partial charge in [-0.25, -0.2) is 0 Å². The van der Waals surface area contributed by atoms with Gasteiger partial charge in [0.15, 0.2) is 0 Å². The molecule has 0 aromatic carbocycles. The van der Waals surface area contributed by atoms with E-state index in [2.05, 4.69) is 5.32 Å². The predicted octanol–water partition coefficient (Wildman–Crippen LogP) is 2.24. The molecule has 1 rings (SSSR count). The van der Waals surface area contributed by atoms with Crippen molar-refractivity contribution in [2.24, 2.45) is 11.8 Å². The number of imide groups is 1. The molecule has 1 heterocycles. The molecule has 1 aliphatic rings. The normalized spacial score (nSPS) is 18.8. The topological polar surface area (TPSA) is 75.7 Å². The Morgan fingerprint density at radius 3 is 2.33 bits per heavy atom. The van der Waals surface area contributed by atoms with E-state index < -0.39 is 12.1 Å². The molecule has 0 saturated carbocycles. The molecule has 0 saturated heterocycles. The molecule has 0 aliphatic carbocycles. The standard InChI is InChI=1S/C18H30N2O4/c1-7-16(21)19-13(8-11(2)3)18(23)20-14(9-12(4)5)15(24-6)10-17(20)22/h10-14H,7-9H2,1-6H3,(H,19,21). The van der Waals surface area contributed by atoms with Crippen molar-refractivity contribution in [2.45, 2.75) is 66.0 Å². The van der Waals surface area contributed by atoms with Gasteiger partial charge < -0.3 is 10.1 Å². The third-order valence-electron chi connectivity index (χ3n) is 3.97. The van der Waals surface area contributed by atoms with Crippen LogP contribution in [0.4, 0.5) is 0 Å². The number of carbonyl (C=O) groups excluding carboxylic acids is 3. The molecule has 1 aliphatic heterocycles. The minimum absolute atomic E-state index is 0.194. The van der Waals surface area contributed by atoms with E-state index in [0.29, 0.717) is 30.9 Å². The van der Waals surface area contributed by atoms with Crippen LogP contribution >= 0.6 is 0 Å². The van der Waals surface area contributed by atoms with Crippen LogP contribution in [-0.4, -0.2) is 41.8 Å². The zero-order valence-corrected chi connectivity index (χ0v) is 15.6. The van der Waals surface area contributed by atoms with Gasteiger partial charge in [0.05, 0.1) is 13.2 Å². The Labute approximate surface area is 144 Å². The number of hydrogen-bond acceptors (Lipinski definition) is 4. The average molecular weight is 338 g/mol. The van der Waals surface area contributed by atoms with E-state index in [1.54, 1.807) is 6.92 Å². The second-order valence-corrected chi connectivity index (χ2v) is 7.05. The summed E-state index contributed by atoms with van der Waals surface area (Å²) < 4.78 is 5.30. The summed E-state index contributed by atoms with van der Waals surface area (Å²) in [7, 11) is 1.50. The maximum Gasteiger partial charge on any atom is 0.257 e. The van der Waals surface area contributed by atoms with Crippen molar-refractivity contribution in [3.63, 3.8) is 0 Å². The van der Waals surface area contributed by atoms with Gasteiger partial charge in [0, 0.05) is 12.5 Å². The van der Waals surface area contributed by atoms with Gasteiger partial charge in [-0.1, -0.05) is 34.6 Å². The average Bonchev–Trinajstić information content (AvgIpc) is 2.80. The molecule has 6 heteroatoms. The summed E-state index contributed by atoms with van der Waals surface area (Å²) >= 11 is 0. The fourth-order valence-corrected chi connectivity index (χ4v) is 2.85. The van der Waals surface area contributed by atoms with Crippen molar-refractivity contribution in [3.8, 4) is 0 Å². The highest BCUT2D eigenvalue weighted by Crippen LogP contribution is 2.27. The molecule has 0 radical (unpaired) electrons. The predicted molar refractivity (Wildman–Crippen MR) is 91.9 cm³/mol. The van der Waals surface area contributed by atoms with Crippen LogP contribution in [0, 0.1) is 11.8 Å².